The predicted octanol–water partition coefficient (Wildman–Crippen LogP) is 3.87. The van der Waals surface area contributed by atoms with E-state index in [4.69, 9.17) is 10.5 Å². The maximum absolute atomic E-state index is 13.5. The van der Waals surface area contributed by atoms with E-state index in [1.807, 2.05) is 26.0 Å². The fraction of sp³-hybridized carbons (Fsp3) is 0.250. The molecule has 0 heterocycles. The van der Waals surface area contributed by atoms with E-state index in [1.165, 1.54) is 0 Å². The predicted molar refractivity (Wildman–Crippen MR) is 74.5 cm³/mol. The second kappa shape index (κ2) is 6.01. The van der Waals surface area contributed by atoms with Crippen LogP contribution in [0.4, 0.5) is 8.78 Å². The summed E-state index contributed by atoms with van der Waals surface area (Å²) in [6.07, 6.45) is 0. The molecule has 20 heavy (non-hydrogen) atoms. The van der Waals surface area contributed by atoms with Crippen LogP contribution in [0.3, 0.4) is 0 Å². The van der Waals surface area contributed by atoms with E-state index in [-0.39, 0.29) is 18.2 Å². The van der Waals surface area contributed by atoms with Gasteiger partial charge in [-0.3, -0.25) is 0 Å². The van der Waals surface area contributed by atoms with E-state index >= 15 is 0 Å². The molecular weight excluding hydrogens is 260 g/mol. The van der Waals surface area contributed by atoms with Crippen molar-refractivity contribution in [3.05, 3.63) is 64.7 Å². The molecule has 0 aliphatic carbocycles. The van der Waals surface area contributed by atoms with Crippen molar-refractivity contribution in [2.24, 2.45) is 5.73 Å². The van der Waals surface area contributed by atoms with Crippen LogP contribution in [-0.4, -0.2) is 0 Å². The number of hydrogen-bond donors (Lipinski definition) is 1. The molecule has 2 rings (SSSR count). The van der Waals surface area contributed by atoms with Crippen molar-refractivity contribution in [3.8, 4) is 5.75 Å². The molecule has 4 heteroatoms. The van der Waals surface area contributed by atoms with Crippen LogP contribution in [0.25, 0.3) is 0 Å². The van der Waals surface area contributed by atoms with Crippen LogP contribution in [0.15, 0.2) is 36.4 Å². The lowest BCUT2D eigenvalue weighted by molar-refractivity contribution is 0.297. The minimum Gasteiger partial charge on any atom is -0.489 e. The molecule has 2 aromatic rings. The van der Waals surface area contributed by atoms with E-state index < -0.39 is 11.6 Å². The van der Waals surface area contributed by atoms with E-state index in [0.717, 1.165) is 29.3 Å². The highest BCUT2D eigenvalue weighted by atomic mass is 19.1. The molecule has 0 unspecified atom stereocenters. The summed E-state index contributed by atoms with van der Waals surface area (Å²) in [7, 11) is 0. The molecule has 2 nitrogen and oxygen atoms in total. The molecule has 0 radical (unpaired) electrons. The lowest BCUT2D eigenvalue weighted by Crippen LogP contribution is -2.06. The molecule has 2 N–H and O–H groups in total. The molecule has 0 aromatic heterocycles. The van der Waals surface area contributed by atoms with Gasteiger partial charge in [-0.2, -0.15) is 0 Å². The third-order valence-electron chi connectivity index (χ3n) is 3.12. The fourth-order valence-corrected chi connectivity index (χ4v) is 1.93. The third kappa shape index (κ3) is 3.33. The Labute approximate surface area is 117 Å². The van der Waals surface area contributed by atoms with Gasteiger partial charge in [-0.25, -0.2) is 8.78 Å². The molecular formula is C16H17F2NO. The van der Waals surface area contributed by atoms with Gasteiger partial charge in [-0.05, 0) is 49.2 Å². The lowest BCUT2D eigenvalue weighted by Gasteiger charge is -2.12. The molecule has 1 atom stereocenters. The molecule has 2 aromatic carbocycles. The summed E-state index contributed by atoms with van der Waals surface area (Å²) in [6.45, 7) is 3.78. The van der Waals surface area contributed by atoms with E-state index in [0.29, 0.717) is 5.75 Å². The number of rotatable bonds is 4. The molecule has 0 amide bonds. The minimum absolute atomic E-state index is 0.0119. The van der Waals surface area contributed by atoms with Gasteiger partial charge in [0.15, 0.2) is 0 Å². The third-order valence-corrected chi connectivity index (χ3v) is 3.12. The maximum atomic E-state index is 13.5. The van der Waals surface area contributed by atoms with E-state index in [2.05, 4.69) is 0 Å². The first-order chi connectivity index (χ1) is 9.47. The van der Waals surface area contributed by atoms with Crippen LogP contribution < -0.4 is 10.5 Å². The Kier molecular flexibility index (Phi) is 4.35. The zero-order valence-corrected chi connectivity index (χ0v) is 11.5. The van der Waals surface area contributed by atoms with Gasteiger partial charge in [0.2, 0.25) is 0 Å². The van der Waals surface area contributed by atoms with Crippen LogP contribution in [0.1, 0.15) is 29.7 Å². The lowest BCUT2D eigenvalue weighted by atomic mass is 10.1. The van der Waals surface area contributed by atoms with Crippen molar-refractivity contribution < 1.29 is 13.5 Å². The van der Waals surface area contributed by atoms with Gasteiger partial charge in [0.25, 0.3) is 0 Å². The van der Waals surface area contributed by atoms with Gasteiger partial charge < -0.3 is 10.5 Å². The van der Waals surface area contributed by atoms with Crippen LogP contribution in [0.5, 0.6) is 5.75 Å². The molecule has 0 saturated carbocycles. The fourth-order valence-electron chi connectivity index (χ4n) is 1.93. The number of aryl methyl sites for hydroxylation is 1. The van der Waals surface area contributed by atoms with Crippen molar-refractivity contribution in [1.29, 1.82) is 0 Å². The molecule has 0 spiro atoms. The average Bonchev–Trinajstić information content (AvgIpc) is 2.40. The zero-order valence-electron chi connectivity index (χ0n) is 11.5. The Balaban J connectivity index is 2.13. The average molecular weight is 277 g/mol. The summed E-state index contributed by atoms with van der Waals surface area (Å²) >= 11 is 0. The van der Waals surface area contributed by atoms with Crippen LogP contribution in [0, 0.1) is 18.6 Å². The van der Waals surface area contributed by atoms with Crippen LogP contribution >= 0.6 is 0 Å². The minimum atomic E-state index is -0.478. The van der Waals surface area contributed by atoms with Gasteiger partial charge in [-0.1, -0.05) is 12.1 Å². The Morgan fingerprint density at radius 1 is 1.15 bits per heavy atom. The first-order valence-corrected chi connectivity index (χ1v) is 6.40. The largest absolute Gasteiger partial charge is 0.489 e. The summed E-state index contributed by atoms with van der Waals surface area (Å²) in [4.78, 5) is 0. The second-order valence-electron chi connectivity index (χ2n) is 4.84. The van der Waals surface area contributed by atoms with Crippen molar-refractivity contribution in [1.82, 2.24) is 0 Å². The summed E-state index contributed by atoms with van der Waals surface area (Å²) in [5.74, 6) is -0.316. The summed E-state index contributed by atoms with van der Waals surface area (Å²) < 4.78 is 32.1. The van der Waals surface area contributed by atoms with E-state index in [9.17, 15) is 8.78 Å². The maximum Gasteiger partial charge on any atom is 0.130 e. The molecule has 0 fully saturated rings. The first-order valence-electron chi connectivity index (χ1n) is 6.40. The highest BCUT2D eigenvalue weighted by Crippen LogP contribution is 2.23. The van der Waals surface area contributed by atoms with Gasteiger partial charge in [0.1, 0.15) is 24.0 Å². The summed E-state index contributed by atoms with van der Waals surface area (Å²) in [6, 6.07) is 8.87. The van der Waals surface area contributed by atoms with Gasteiger partial charge in [0, 0.05) is 11.6 Å². The monoisotopic (exact) mass is 277 g/mol. The molecule has 106 valence electrons. The van der Waals surface area contributed by atoms with Crippen LogP contribution in [0.2, 0.25) is 0 Å². The molecule has 0 bridgehead atoms. The van der Waals surface area contributed by atoms with Crippen molar-refractivity contribution in [2.75, 3.05) is 0 Å². The SMILES string of the molecule is Cc1cc([C@H](C)N)ccc1OCc1cc(F)ccc1F. The Morgan fingerprint density at radius 2 is 1.90 bits per heavy atom. The quantitative estimate of drug-likeness (QED) is 0.920. The van der Waals surface area contributed by atoms with Crippen molar-refractivity contribution in [3.63, 3.8) is 0 Å². The summed E-state index contributed by atoms with van der Waals surface area (Å²) in [5, 5.41) is 0. The Bertz CT molecular complexity index is 611. The highest BCUT2D eigenvalue weighted by molar-refractivity contribution is 5.37. The summed E-state index contributed by atoms with van der Waals surface area (Å²) in [5.41, 5.74) is 7.92. The standard InChI is InChI=1S/C16H17F2NO/c1-10-7-12(11(2)19)3-6-16(10)20-9-13-8-14(17)4-5-15(13)18/h3-8,11H,9,19H2,1-2H3/t11-/m0/s1. The first kappa shape index (κ1) is 14.5. The highest BCUT2D eigenvalue weighted by Gasteiger charge is 2.07. The van der Waals surface area contributed by atoms with Gasteiger partial charge >= 0.3 is 0 Å². The zero-order chi connectivity index (χ0) is 14.7. The number of benzene rings is 2. The van der Waals surface area contributed by atoms with Crippen LogP contribution in [-0.2, 0) is 6.61 Å². The number of halogens is 2. The van der Waals surface area contributed by atoms with Crippen molar-refractivity contribution >= 4 is 0 Å². The Morgan fingerprint density at radius 3 is 2.55 bits per heavy atom. The second-order valence-corrected chi connectivity index (χ2v) is 4.84. The van der Waals surface area contributed by atoms with Gasteiger partial charge in [0.05, 0.1) is 0 Å². The molecule has 0 saturated heterocycles. The van der Waals surface area contributed by atoms with E-state index in [1.54, 1.807) is 6.07 Å². The normalized spacial score (nSPS) is 12.2. The van der Waals surface area contributed by atoms with Crippen molar-refractivity contribution in [2.45, 2.75) is 26.5 Å². The molecule has 0 aliphatic rings. The Hall–Kier alpha value is -1.94. The topological polar surface area (TPSA) is 35.2 Å². The molecule has 0 aliphatic heterocycles. The number of hydrogen-bond acceptors (Lipinski definition) is 2. The number of nitrogens with two attached hydrogens (primary N) is 1. The smallest absolute Gasteiger partial charge is 0.130 e. The van der Waals surface area contributed by atoms with Gasteiger partial charge in [-0.15, -0.1) is 0 Å². The number of ether oxygens (including phenoxy) is 1.